The molecule has 3 heterocycles. The average molecular weight is 567 g/mol. The number of benzene rings is 1. The summed E-state index contributed by atoms with van der Waals surface area (Å²) in [6.07, 6.45) is 1.63. The molecule has 1 aromatic carbocycles. The van der Waals surface area contributed by atoms with Crippen LogP contribution < -0.4 is 14.8 Å². The molecule has 1 unspecified atom stereocenters. The van der Waals surface area contributed by atoms with Gasteiger partial charge in [0.05, 0.1) is 48.1 Å². The first-order chi connectivity index (χ1) is 19.8. The summed E-state index contributed by atoms with van der Waals surface area (Å²) in [7, 11) is 1.47. The minimum Gasteiger partial charge on any atom is -0.496 e. The highest BCUT2D eigenvalue weighted by molar-refractivity contribution is 6.03. The van der Waals surface area contributed by atoms with Gasteiger partial charge in [-0.1, -0.05) is 47.6 Å². The normalized spacial score (nSPS) is 15.0. The number of amides is 2. The molecule has 0 radical (unpaired) electrons. The number of fused-ring (bicyclic) bond motifs is 1. The lowest BCUT2D eigenvalue weighted by Gasteiger charge is -2.32. The Morgan fingerprint density at radius 1 is 1.10 bits per heavy atom. The molecule has 10 heteroatoms. The van der Waals surface area contributed by atoms with Crippen LogP contribution in [0.5, 0.6) is 11.6 Å². The van der Waals surface area contributed by atoms with Crippen molar-refractivity contribution in [3.8, 4) is 17.7 Å². The van der Waals surface area contributed by atoms with Crippen LogP contribution in [0, 0.1) is 18.3 Å². The van der Waals surface area contributed by atoms with Crippen molar-refractivity contribution in [2.24, 2.45) is 0 Å². The molecule has 1 atom stereocenters. The number of hydroxylamine groups is 2. The number of aromatic nitrogens is 1. The zero-order valence-electron chi connectivity index (χ0n) is 25.8. The molecule has 1 fully saturated rings. The summed E-state index contributed by atoms with van der Waals surface area (Å²) < 4.78 is 11.4. The number of imide groups is 1. The number of anilines is 1. The highest BCUT2D eigenvalue weighted by Gasteiger charge is 2.41. The van der Waals surface area contributed by atoms with Crippen molar-refractivity contribution in [3.05, 3.63) is 57.9 Å². The molecule has 2 amide bonds. The van der Waals surface area contributed by atoms with E-state index in [1.165, 1.54) is 7.11 Å². The maximum Gasteiger partial charge on any atom is 0.362 e. The van der Waals surface area contributed by atoms with Crippen molar-refractivity contribution in [2.75, 3.05) is 19.0 Å². The molecular weight excluding hydrogens is 524 g/mol. The van der Waals surface area contributed by atoms with Crippen molar-refractivity contribution in [1.82, 2.24) is 10.0 Å². The number of aryl methyl sites for hydroxylation is 1. The summed E-state index contributed by atoms with van der Waals surface area (Å²) in [4.78, 5) is 47.5. The van der Waals surface area contributed by atoms with Crippen LogP contribution in [-0.4, -0.2) is 41.5 Å². The Labute approximate surface area is 243 Å². The summed E-state index contributed by atoms with van der Waals surface area (Å²) in [5.74, 6) is -2.13. The SMILES string of the molecule is CC.CC.CC.CCOc1ncc(C)c2c1C(c1ccc(C#N)cc1OC)C(C(=O)ON1C(=O)CCC1=O)=C(C)N2. The summed E-state index contributed by atoms with van der Waals surface area (Å²) in [6.45, 7) is 17.7. The van der Waals surface area contributed by atoms with E-state index in [1.54, 1.807) is 31.3 Å². The number of nitrogens with zero attached hydrogens (tertiary/aromatic N) is 3. The van der Waals surface area contributed by atoms with E-state index in [2.05, 4.69) is 16.4 Å². The van der Waals surface area contributed by atoms with Crippen LogP contribution in [0.2, 0.25) is 0 Å². The molecule has 4 rings (SSSR count). The van der Waals surface area contributed by atoms with Crippen molar-refractivity contribution < 1.29 is 28.7 Å². The molecular formula is C31H42N4O6. The van der Waals surface area contributed by atoms with Gasteiger partial charge in [0.15, 0.2) is 0 Å². The fourth-order valence-corrected chi connectivity index (χ4v) is 4.30. The summed E-state index contributed by atoms with van der Waals surface area (Å²) >= 11 is 0. The molecule has 10 nitrogen and oxygen atoms in total. The lowest BCUT2D eigenvalue weighted by molar-refractivity contribution is -0.194. The maximum absolute atomic E-state index is 13.5. The maximum atomic E-state index is 13.5. The van der Waals surface area contributed by atoms with E-state index in [-0.39, 0.29) is 18.4 Å². The Bertz CT molecular complexity index is 1300. The Hall–Kier alpha value is -4.39. The zero-order valence-corrected chi connectivity index (χ0v) is 25.8. The highest BCUT2D eigenvalue weighted by Crippen LogP contribution is 2.49. The average Bonchev–Trinajstić information content (AvgIpc) is 3.32. The second kappa shape index (κ2) is 16.7. The second-order valence-corrected chi connectivity index (χ2v) is 8.09. The Morgan fingerprint density at radius 2 is 1.71 bits per heavy atom. The number of nitrogens with one attached hydrogen (secondary N) is 1. The molecule has 2 aliphatic heterocycles. The van der Waals surface area contributed by atoms with Gasteiger partial charge in [0.1, 0.15) is 5.75 Å². The van der Waals surface area contributed by atoms with E-state index >= 15 is 0 Å². The topological polar surface area (TPSA) is 131 Å². The number of rotatable bonds is 6. The summed E-state index contributed by atoms with van der Waals surface area (Å²) in [5.41, 5.74) is 3.67. The third-order valence-electron chi connectivity index (χ3n) is 5.92. The molecule has 222 valence electrons. The first-order valence-electron chi connectivity index (χ1n) is 14.1. The van der Waals surface area contributed by atoms with Gasteiger partial charge in [0.25, 0.3) is 11.8 Å². The Kier molecular flexibility index (Phi) is 14.1. The van der Waals surface area contributed by atoms with Gasteiger partial charge in [-0.05, 0) is 38.5 Å². The van der Waals surface area contributed by atoms with E-state index in [1.807, 2.05) is 55.4 Å². The third-order valence-corrected chi connectivity index (χ3v) is 5.92. The molecule has 1 aromatic heterocycles. The summed E-state index contributed by atoms with van der Waals surface area (Å²) in [6, 6.07) is 6.97. The van der Waals surface area contributed by atoms with Crippen molar-refractivity contribution in [1.29, 1.82) is 5.26 Å². The van der Waals surface area contributed by atoms with Crippen molar-refractivity contribution >= 4 is 23.5 Å². The van der Waals surface area contributed by atoms with E-state index in [9.17, 15) is 19.6 Å². The molecule has 0 aliphatic carbocycles. The number of carbonyl (C=O) groups is 3. The molecule has 1 N–H and O–H groups in total. The van der Waals surface area contributed by atoms with Crippen LogP contribution in [-0.2, 0) is 19.2 Å². The van der Waals surface area contributed by atoms with E-state index < -0.39 is 23.7 Å². The van der Waals surface area contributed by atoms with Crippen molar-refractivity contribution in [3.63, 3.8) is 0 Å². The monoisotopic (exact) mass is 566 g/mol. The van der Waals surface area contributed by atoms with Gasteiger partial charge in [-0.2, -0.15) is 5.26 Å². The number of hydrogen-bond donors (Lipinski definition) is 1. The number of hydrogen-bond acceptors (Lipinski definition) is 9. The molecule has 0 saturated carbocycles. The minimum absolute atomic E-state index is 0.0182. The Balaban J connectivity index is 0.00000131. The van der Waals surface area contributed by atoms with Gasteiger partial charge < -0.3 is 19.6 Å². The number of carbonyl (C=O) groups excluding carboxylic acids is 3. The van der Waals surface area contributed by atoms with Crippen LogP contribution in [0.25, 0.3) is 0 Å². The lowest BCUT2D eigenvalue weighted by Crippen LogP contribution is -2.35. The molecule has 2 aliphatic rings. The van der Waals surface area contributed by atoms with Crippen LogP contribution in [0.15, 0.2) is 35.7 Å². The standard InChI is InChI=1S/C25H24N4O6.3C2H6/c1-5-34-24-22-21(16-7-6-15(11-26)10-17(16)33-4)20(14(3)28-23(22)13(2)12-27-24)25(32)35-29-18(30)8-9-19(29)31;3*1-2/h6-7,10,12,21,28H,5,8-9H2,1-4H3;3*1-2H3. The quantitative estimate of drug-likeness (QED) is 0.407. The smallest absolute Gasteiger partial charge is 0.362 e. The molecule has 0 spiro atoms. The second-order valence-electron chi connectivity index (χ2n) is 8.09. The summed E-state index contributed by atoms with van der Waals surface area (Å²) in [5, 5.41) is 13.1. The highest BCUT2D eigenvalue weighted by atomic mass is 16.7. The molecule has 41 heavy (non-hydrogen) atoms. The zero-order chi connectivity index (χ0) is 31.3. The molecule has 1 saturated heterocycles. The van der Waals surface area contributed by atoms with Gasteiger partial charge in [-0.3, -0.25) is 9.59 Å². The molecule has 0 bridgehead atoms. The van der Waals surface area contributed by atoms with Crippen LogP contribution in [0.1, 0.15) is 96.4 Å². The Morgan fingerprint density at radius 3 is 2.24 bits per heavy atom. The predicted octanol–water partition coefficient (Wildman–Crippen LogP) is 6.19. The van der Waals surface area contributed by atoms with Gasteiger partial charge in [0.2, 0.25) is 5.88 Å². The van der Waals surface area contributed by atoms with Crippen LogP contribution >= 0.6 is 0 Å². The van der Waals surface area contributed by atoms with Gasteiger partial charge in [-0.25, -0.2) is 9.78 Å². The fraction of sp³-hybridized carbons (Fsp3) is 0.452. The number of allylic oxidation sites excluding steroid dienone is 1. The van der Waals surface area contributed by atoms with Gasteiger partial charge in [-0.15, -0.1) is 5.06 Å². The minimum atomic E-state index is -0.871. The van der Waals surface area contributed by atoms with Crippen LogP contribution in [0.3, 0.4) is 0 Å². The van der Waals surface area contributed by atoms with Crippen molar-refractivity contribution in [2.45, 2.75) is 81.1 Å². The lowest BCUT2D eigenvalue weighted by atomic mass is 9.79. The van der Waals surface area contributed by atoms with E-state index in [0.717, 1.165) is 5.56 Å². The predicted molar refractivity (Wildman–Crippen MR) is 157 cm³/mol. The number of methoxy groups -OCH3 is 1. The van der Waals surface area contributed by atoms with Gasteiger partial charge in [0, 0.05) is 30.3 Å². The first-order valence-corrected chi connectivity index (χ1v) is 14.1. The van der Waals surface area contributed by atoms with Gasteiger partial charge >= 0.3 is 5.97 Å². The molecule has 2 aromatic rings. The third kappa shape index (κ3) is 7.42. The first kappa shape index (κ1) is 34.6. The number of nitriles is 1. The van der Waals surface area contributed by atoms with Crippen LogP contribution in [0.4, 0.5) is 5.69 Å². The largest absolute Gasteiger partial charge is 0.496 e. The number of pyridine rings is 1. The van der Waals surface area contributed by atoms with E-state index in [0.29, 0.717) is 51.4 Å². The number of ether oxygens (including phenoxy) is 2. The van der Waals surface area contributed by atoms with E-state index in [4.69, 9.17) is 14.3 Å². The fourth-order valence-electron chi connectivity index (χ4n) is 4.30.